The van der Waals surface area contributed by atoms with E-state index in [2.05, 4.69) is 15.9 Å². The highest BCUT2D eigenvalue weighted by Crippen LogP contribution is 2.32. The molecule has 2 amide bonds. The number of halogens is 1. The highest BCUT2D eigenvalue weighted by atomic mass is 79.9. The Bertz CT molecular complexity index is 1150. The summed E-state index contributed by atoms with van der Waals surface area (Å²) in [4.78, 5) is 27.9. The number of imide groups is 1. The van der Waals surface area contributed by atoms with Gasteiger partial charge in [-0.3, -0.25) is 4.79 Å². The third kappa shape index (κ3) is 5.25. The van der Waals surface area contributed by atoms with Gasteiger partial charge in [0.25, 0.3) is 0 Å². The fraction of sp³-hybridized carbons (Fsp3) is 0.259. The van der Waals surface area contributed by atoms with E-state index < -0.39 is 12.0 Å². The lowest BCUT2D eigenvalue weighted by atomic mass is 9.90. The second kappa shape index (κ2) is 10.7. The van der Waals surface area contributed by atoms with Gasteiger partial charge in [0.1, 0.15) is 18.1 Å². The van der Waals surface area contributed by atoms with Crippen molar-refractivity contribution in [2.75, 3.05) is 20.8 Å². The Balaban J connectivity index is 1.65. The Labute approximate surface area is 207 Å². The minimum atomic E-state index is -0.597. The predicted molar refractivity (Wildman–Crippen MR) is 132 cm³/mol. The van der Waals surface area contributed by atoms with Crippen LogP contribution >= 0.6 is 15.9 Å². The van der Waals surface area contributed by atoms with Gasteiger partial charge in [0, 0.05) is 0 Å². The first-order chi connectivity index (χ1) is 16.5. The topological polar surface area (TPSA) is 65.1 Å². The van der Waals surface area contributed by atoms with Crippen molar-refractivity contribution in [3.8, 4) is 11.5 Å². The molecule has 1 saturated heterocycles. The molecule has 0 N–H and O–H groups in total. The Hall–Kier alpha value is -3.32. The van der Waals surface area contributed by atoms with Crippen LogP contribution in [0.3, 0.4) is 0 Å². The molecule has 1 aliphatic rings. The number of carbonyl (C=O) groups is 2. The summed E-state index contributed by atoms with van der Waals surface area (Å²) >= 11 is 3.52. The zero-order chi connectivity index (χ0) is 24.1. The van der Waals surface area contributed by atoms with E-state index in [1.807, 2.05) is 72.8 Å². The molecule has 1 heterocycles. The lowest BCUT2D eigenvalue weighted by Gasteiger charge is -2.26. The van der Waals surface area contributed by atoms with Crippen molar-refractivity contribution in [3.63, 3.8) is 0 Å². The number of hydrogen-bond donors (Lipinski definition) is 0. The molecule has 0 radical (unpaired) electrons. The molecule has 3 aromatic carbocycles. The molecule has 6 nitrogen and oxygen atoms in total. The van der Waals surface area contributed by atoms with Crippen molar-refractivity contribution in [3.05, 3.63) is 94.0 Å². The first-order valence-corrected chi connectivity index (χ1v) is 11.8. The van der Waals surface area contributed by atoms with Crippen LogP contribution in [-0.4, -0.2) is 43.8 Å². The van der Waals surface area contributed by atoms with Crippen LogP contribution in [0.15, 0.2) is 77.3 Å². The molecule has 0 unspecified atom stereocenters. The summed E-state index contributed by atoms with van der Waals surface area (Å²) in [7, 11) is 3.20. The molecule has 1 aliphatic heterocycles. The number of cyclic esters (lactones) is 1. The maximum atomic E-state index is 13.9. The molecule has 176 valence electrons. The smallest absolute Gasteiger partial charge is 0.417 e. The zero-order valence-corrected chi connectivity index (χ0v) is 20.7. The van der Waals surface area contributed by atoms with E-state index in [-0.39, 0.29) is 18.6 Å². The third-order valence-corrected chi connectivity index (χ3v) is 6.60. The van der Waals surface area contributed by atoms with Gasteiger partial charge in [-0.25, -0.2) is 9.69 Å². The van der Waals surface area contributed by atoms with E-state index in [1.54, 1.807) is 14.2 Å². The van der Waals surface area contributed by atoms with Gasteiger partial charge in [-0.2, -0.15) is 0 Å². The van der Waals surface area contributed by atoms with Crippen molar-refractivity contribution >= 4 is 27.9 Å². The molecule has 3 aromatic rings. The van der Waals surface area contributed by atoms with Gasteiger partial charge in [-0.1, -0.05) is 48.5 Å². The number of rotatable bonds is 8. The maximum Gasteiger partial charge on any atom is 0.417 e. The highest BCUT2D eigenvalue weighted by Gasteiger charge is 2.41. The van der Waals surface area contributed by atoms with Crippen LogP contribution < -0.4 is 9.47 Å². The minimum absolute atomic E-state index is 0.183. The number of benzene rings is 3. The van der Waals surface area contributed by atoms with Crippen molar-refractivity contribution in [1.82, 2.24) is 4.90 Å². The molecule has 4 rings (SSSR count). The van der Waals surface area contributed by atoms with Crippen molar-refractivity contribution in [2.45, 2.75) is 24.8 Å². The second-order valence-electron chi connectivity index (χ2n) is 8.13. The lowest BCUT2D eigenvalue weighted by Crippen LogP contribution is -2.43. The van der Waals surface area contributed by atoms with E-state index in [1.165, 1.54) is 4.90 Å². The van der Waals surface area contributed by atoms with E-state index in [4.69, 9.17) is 14.2 Å². The van der Waals surface area contributed by atoms with Crippen molar-refractivity contribution in [1.29, 1.82) is 0 Å². The zero-order valence-electron chi connectivity index (χ0n) is 19.1. The van der Waals surface area contributed by atoms with Gasteiger partial charge in [0.2, 0.25) is 5.91 Å². The first-order valence-electron chi connectivity index (χ1n) is 11.0. The number of carbonyl (C=O) groups excluding carboxylic acids is 2. The molecule has 0 aromatic heterocycles. The standard InChI is InChI=1S/C27H26BrNO5/c1-32-22-11-9-20(10-12-22)23(15-19-8-13-25(33-2)24(28)16-19)26(30)29-21(17-34-27(29)31)14-18-6-4-3-5-7-18/h3-13,16,21,23H,14-15,17H2,1-2H3/t21-,23-/m0/s1. The number of amides is 2. The summed E-state index contributed by atoms with van der Waals surface area (Å²) in [6, 6.07) is 22.6. The fourth-order valence-corrected chi connectivity index (χ4v) is 4.78. The quantitative estimate of drug-likeness (QED) is 0.396. The Morgan fingerprint density at radius 1 is 1.03 bits per heavy atom. The predicted octanol–water partition coefficient (Wildman–Crippen LogP) is 5.38. The molecule has 0 spiro atoms. The highest BCUT2D eigenvalue weighted by molar-refractivity contribution is 9.10. The average Bonchev–Trinajstić information content (AvgIpc) is 3.22. The largest absolute Gasteiger partial charge is 0.497 e. The lowest BCUT2D eigenvalue weighted by molar-refractivity contribution is -0.130. The Morgan fingerprint density at radius 2 is 1.76 bits per heavy atom. The number of hydrogen-bond acceptors (Lipinski definition) is 5. The fourth-order valence-electron chi connectivity index (χ4n) is 4.19. The first kappa shape index (κ1) is 23.8. The van der Waals surface area contributed by atoms with Gasteiger partial charge in [0.05, 0.1) is 30.7 Å². The summed E-state index contributed by atoms with van der Waals surface area (Å²) < 4.78 is 16.7. The Kier molecular flexibility index (Phi) is 7.53. The van der Waals surface area contributed by atoms with Crippen LogP contribution in [0.2, 0.25) is 0 Å². The van der Waals surface area contributed by atoms with E-state index >= 15 is 0 Å². The van der Waals surface area contributed by atoms with E-state index in [0.717, 1.165) is 21.2 Å². The normalized spacial score (nSPS) is 16.1. The molecular formula is C27H26BrNO5. The minimum Gasteiger partial charge on any atom is -0.497 e. The second-order valence-corrected chi connectivity index (χ2v) is 8.98. The summed E-state index contributed by atoms with van der Waals surface area (Å²) in [6.07, 6.45) is 0.359. The average molecular weight is 524 g/mol. The molecule has 0 bridgehead atoms. The summed E-state index contributed by atoms with van der Waals surface area (Å²) in [6.45, 7) is 0.183. The van der Waals surface area contributed by atoms with Gasteiger partial charge in [-0.05, 0) is 69.7 Å². The molecule has 34 heavy (non-hydrogen) atoms. The van der Waals surface area contributed by atoms with Gasteiger partial charge < -0.3 is 14.2 Å². The van der Waals surface area contributed by atoms with Gasteiger partial charge >= 0.3 is 6.09 Å². The monoisotopic (exact) mass is 523 g/mol. The summed E-state index contributed by atoms with van der Waals surface area (Å²) in [5, 5.41) is 0. The van der Waals surface area contributed by atoms with Crippen LogP contribution in [0.1, 0.15) is 22.6 Å². The Morgan fingerprint density at radius 3 is 2.41 bits per heavy atom. The molecule has 0 aliphatic carbocycles. The van der Waals surface area contributed by atoms with Crippen LogP contribution in [0.5, 0.6) is 11.5 Å². The molecule has 2 atom stereocenters. The van der Waals surface area contributed by atoms with Crippen LogP contribution in [0.25, 0.3) is 0 Å². The van der Waals surface area contributed by atoms with Crippen molar-refractivity contribution in [2.24, 2.45) is 0 Å². The molecule has 1 fully saturated rings. The van der Waals surface area contributed by atoms with Gasteiger partial charge in [0.15, 0.2) is 0 Å². The molecule has 0 saturated carbocycles. The number of nitrogens with zero attached hydrogens (tertiary/aromatic N) is 1. The van der Waals surface area contributed by atoms with Crippen LogP contribution in [0, 0.1) is 0 Å². The third-order valence-electron chi connectivity index (χ3n) is 5.98. The van der Waals surface area contributed by atoms with E-state index in [0.29, 0.717) is 24.3 Å². The number of methoxy groups -OCH3 is 2. The summed E-state index contributed by atoms with van der Waals surface area (Å²) in [5.74, 6) is 0.558. The van der Waals surface area contributed by atoms with Crippen LogP contribution in [0.4, 0.5) is 4.79 Å². The molecular weight excluding hydrogens is 498 g/mol. The maximum absolute atomic E-state index is 13.9. The van der Waals surface area contributed by atoms with Crippen LogP contribution in [-0.2, 0) is 22.4 Å². The van der Waals surface area contributed by atoms with E-state index in [9.17, 15) is 9.59 Å². The van der Waals surface area contributed by atoms with Gasteiger partial charge in [-0.15, -0.1) is 0 Å². The summed E-state index contributed by atoms with van der Waals surface area (Å²) in [5.41, 5.74) is 2.79. The number of ether oxygens (including phenoxy) is 3. The SMILES string of the molecule is COc1ccc([C@H](Cc2ccc(OC)c(Br)c2)C(=O)N2C(=O)OC[C@@H]2Cc2ccccc2)cc1. The molecule has 7 heteroatoms. The van der Waals surface area contributed by atoms with Crippen molar-refractivity contribution < 1.29 is 23.8 Å².